The van der Waals surface area contributed by atoms with E-state index in [1.807, 2.05) is 0 Å². The summed E-state index contributed by atoms with van der Waals surface area (Å²) in [7, 11) is -3.80. The Kier molecular flexibility index (Phi) is 6.55. The maximum absolute atomic E-state index is 14.3. The van der Waals surface area contributed by atoms with E-state index in [1.54, 1.807) is 4.72 Å². The van der Waals surface area contributed by atoms with Crippen molar-refractivity contribution in [1.82, 2.24) is 4.72 Å². The van der Waals surface area contributed by atoms with Gasteiger partial charge in [-0.3, -0.25) is 4.79 Å². The molecule has 26 heavy (non-hydrogen) atoms. The molecular weight excluding hydrogens is 381 g/mol. The Bertz CT molecular complexity index is 782. The number of nitrogens with one attached hydrogen (secondary N) is 1. The molecule has 0 unspecified atom stereocenters. The summed E-state index contributed by atoms with van der Waals surface area (Å²) in [5.74, 6) is -0.488. The fraction of sp³-hybridized carbons (Fsp3) is 0.611. The molecule has 1 aliphatic carbocycles. The fourth-order valence-electron chi connectivity index (χ4n) is 3.43. The van der Waals surface area contributed by atoms with Crippen molar-refractivity contribution in [2.75, 3.05) is 6.26 Å². The van der Waals surface area contributed by atoms with Crippen LogP contribution in [-0.2, 0) is 10.0 Å². The molecule has 1 aromatic rings. The van der Waals surface area contributed by atoms with Crippen molar-refractivity contribution in [1.29, 1.82) is 0 Å². The zero-order chi connectivity index (χ0) is 19.6. The first-order chi connectivity index (χ1) is 12.0. The van der Waals surface area contributed by atoms with Gasteiger partial charge in [0.2, 0.25) is 10.0 Å². The Balaban J connectivity index is 2.25. The van der Waals surface area contributed by atoms with E-state index >= 15 is 0 Å². The number of carbonyl (C=O) groups is 1. The van der Waals surface area contributed by atoms with Gasteiger partial charge in [0.1, 0.15) is 17.7 Å². The Labute approximate surface area is 159 Å². The van der Waals surface area contributed by atoms with Crippen molar-refractivity contribution < 1.29 is 22.3 Å². The van der Waals surface area contributed by atoms with Crippen molar-refractivity contribution in [3.63, 3.8) is 0 Å². The monoisotopic (exact) mass is 405 g/mol. The maximum atomic E-state index is 14.3. The zero-order valence-corrected chi connectivity index (χ0v) is 17.0. The van der Waals surface area contributed by atoms with Crippen molar-refractivity contribution in [2.45, 2.75) is 46.1 Å². The van der Waals surface area contributed by atoms with Crippen LogP contribution in [0.2, 0.25) is 5.02 Å². The van der Waals surface area contributed by atoms with Gasteiger partial charge in [0.15, 0.2) is 0 Å². The third-order valence-corrected chi connectivity index (χ3v) is 5.64. The summed E-state index contributed by atoms with van der Waals surface area (Å²) < 4.78 is 44.4. The van der Waals surface area contributed by atoms with Gasteiger partial charge >= 0.3 is 0 Å². The largest absolute Gasteiger partial charge is 0.488 e. The highest BCUT2D eigenvalue weighted by molar-refractivity contribution is 7.89. The van der Waals surface area contributed by atoms with E-state index in [1.165, 1.54) is 0 Å². The molecule has 0 radical (unpaired) electrons. The van der Waals surface area contributed by atoms with Gasteiger partial charge < -0.3 is 4.74 Å². The van der Waals surface area contributed by atoms with Gasteiger partial charge in [-0.05, 0) is 36.7 Å². The first-order valence-corrected chi connectivity index (χ1v) is 10.9. The van der Waals surface area contributed by atoms with Crippen LogP contribution in [0.4, 0.5) is 4.39 Å². The molecule has 8 heteroatoms. The molecule has 1 aromatic carbocycles. The summed E-state index contributed by atoms with van der Waals surface area (Å²) in [6.07, 6.45) is 3.77. The summed E-state index contributed by atoms with van der Waals surface area (Å²) >= 11 is 6.18. The molecule has 1 aliphatic rings. The van der Waals surface area contributed by atoms with Crippen molar-refractivity contribution in [3.05, 3.63) is 28.5 Å². The summed E-state index contributed by atoms with van der Waals surface area (Å²) in [6, 6.07) is 2.15. The lowest BCUT2D eigenvalue weighted by molar-refractivity contribution is 0.0458. The number of benzene rings is 1. The van der Waals surface area contributed by atoms with Crippen LogP contribution in [0, 0.1) is 23.6 Å². The standard InChI is InChI=1S/C18H25ClFNO4S/c1-10(2)12-6-5-11(3)7-16(12)25-17-9-15(20)13(8-14(17)19)18(22)21-26(4,23)24/h8-12,16H,5-7H2,1-4H3,(H,21,22)/t11-,12+,16-/m0/s1. The third kappa shape index (κ3) is 5.33. The Hall–Kier alpha value is -1.34. The number of carbonyl (C=O) groups excluding carboxylic acids is 1. The predicted octanol–water partition coefficient (Wildman–Crippen LogP) is 4.01. The molecule has 1 fully saturated rings. The van der Waals surface area contributed by atoms with Crippen molar-refractivity contribution in [3.8, 4) is 5.75 Å². The van der Waals surface area contributed by atoms with E-state index < -0.39 is 27.3 Å². The van der Waals surface area contributed by atoms with E-state index in [9.17, 15) is 17.6 Å². The molecule has 0 aliphatic heterocycles. The number of amides is 1. The number of hydrogen-bond donors (Lipinski definition) is 1. The predicted molar refractivity (Wildman–Crippen MR) is 99.5 cm³/mol. The second-order valence-corrected chi connectivity index (χ2v) is 9.60. The summed E-state index contributed by atoms with van der Waals surface area (Å²) in [5.41, 5.74) is -0.440. The highest BCUT2D eigenvalue weighted by Crippen LogP contribution is 2.38. The zero-order valence-electron chi connectivity index (χ0n) is 15.4. The fourth-order valence-corrected chi connectivity index (χ4v) is 4.08. The van der Waals surface area contributed by atoms with Crippen molar-refractivity contribution in [2.24, 2.45) is 17.8 Å². The quantitative estimate of drug-likeness (QED) is 0.803. The minimum Gasteiger partial charge on any atom is -0.488 e. The van der Waals surface area contributed by atoms with Gasteiger partial charge in [0.25, 0.3) is 5.91 Å². The number of hydrogen-bond acceptors (Lipinski definition) is 4. The number of rotatable bonds is 5. The van der Waals surface area contributed by atoms with Crippen molar-refractivity contribution >= 4 is 27.5 Å². The highest BCUT2D eigenvalue weighted by atomic mass is 35.5. The molecule has 1 amide bonds. The Morgan fingerprint density at radius 1 is 1.35 bits per heavy atom. The normalized spacial score (nSPS) is 23.7. The van der Waals surface area contributed by atoms with Gasteiger partial charge in [0.05, 0.1) is 16.8 Å². The molecule has 0 saturated heterocycles. The van der Waals surface area contributed by atoms with E-state index in [0.717, 1.165) is 37.7 Å². The van der Waals surface area contributed by atoms with Crippen LogP contribution < -0.4 is 9.46 Å². The Morgan fingerprint density at radius 2 is 2.00 bits per heavy atom. The molecule has 146 valence electrons. The molecule has 0 heterocycles. The Morgan fingerprint density at radius 3 is 2.58 bits per heavy atom. The minimum atomic E-state index is -3.80. The van der Waals surface area contributed by atoms with Crippen LogP contribution in [0.25, 0.3) is 0 Å². The lowest BCUT2D eigenvalue weighted by Gasteiger charge is -2.37. The number of ether oxygens (including phenoxy) is 1. The molecule has 2 rings (SSSR count). The maximum Gasteiger partial charge on any atom is 0.267 e. The van der Waals surface area contributed by atoms with E-state index in [-0.39, 0.29) is 16.9 Å². The molecule has 5 nitrogen and oxygen atoms in total. The van der Waals surface area contributed by atoms with E-state index in [0.29, 0.717) is 17.8 Å². The average molecular weight is 406 g/mol. The number of halogens is 2. The average Bonchev–Trinajstić information content (AvgIpc) is 2.48. The number of sulfonamides is 1. The van der Waals surface area contributed by atoms with E-state index in [2.05, 4.69) is 20.8 Å². The second kappa shape index (κ2) is 8.13. The molecule has 0 bridgehead atoms. The highest BCUT2D eigenvalue weighted by Gasteiger charge is 2.33. The smallest absolute Gasteiger partial charge is 0.267 e. The molecule has 0 spiro atoms. The van der Waals surface area contributed by atoms with Crippen LogP contribution in [0.5, 0.6) is 5.75 Å². The van der Waals surface area contributed by atoms with Crippen LogP contribution in [0.15, 0.2) is 12.1 Å². The molecule has 3 atom stereocenters. The third-order valence-electron chi connectivity index (χ3n) is 4.78. The topological polar surface area (TPSA) is 72.5 Å². The van der Waals surface area contributed by atoms with Gasteiger partial charge in [0, 0.05) is 6.07 Å². The summed E-state index contributed by atoms with van der Waals surface area (Å²) in [5, 5.41) is 0.0748. The second-order valence-electron chi connectivity index (χ2n) is 7.45. The molecular formula is C18H25ClFNO4S. The van der Waals surface area contributed by atoms with Crippen LogP contribution in [0.3, 0.4) is 0 Å². The SMILES string of the molecule is CC(C)[C@H]1CC[C@H](C)C[C@@H]1Oc1cc(F)c(C(=O)NS(C)(=O)=O)cc1Cl. The van der Waals surface area contributed by atoms with Crippen LogP contribution in [-0.4, -0.2) is 26.7 Å². The lowest BCUT2D eigenvalue weighted by Crippen LogP contribution is -2.36. The minimum absolute atomic E-state index is 0.0748. The lowest BCUT2D eigenvalue weighted by atomic mass is 9.75. The molecule has 1 saturated carbocycles. The van der Waals surface area contributed by atoms with Gasteiger partial charge in [-0.25, -0.2) is 17.5 Å². The van der Waals surface area contributed by atoms with Gasteiger partial charge in [-0.2, -0.15) is 0 Å². The first-order valence-electron chi connectivity index (χ1n) is 8.65. The van der Waals surface area contributed by atoms with Crippen LogP contribution in [0.1, 0.15) is 50.4 Å². The van der Waals surface area contributed by atoms with Gasteiger partial charge in [-0.1, -0.05) is 38.8 Å². The molecule has 1 N–H and O–H groups in total. The summed E-state index contributed by atoms with van der Waals surface area (Å²) in [4.78, 5) is 11.9. The molecule has 0 aromatic heterocycles. The van der Waals surface area contributed by atoms with Gasteiger partial charge in [-0.15, -0.1) is 0 Å². The van der Waals surface area contributed by atoms with E-state index in [4.69, 9.17) is 16.3 Å². The van der Waals surface area contributed by atoms with Crippen LogP contribution >= 0.6 is 11.6 Å². The first kappa shape index (κ1) is 21.0. The summed E-state index contributed by atoms with van der Waals surface area (Å²) in [6.45, 7) is 6.43.